The van der Waals surface area contributed by atoms with Crippen LogP contribution >= 0.6 is 0 Å². The molecular weight excluding hydrogens is 258 g/mol. The minimum Gasteiger partial charge on any atom is -0.394 e. The number of hydrogen-bond donors (Lipinski definition) is 7. The van der Waals surface area contributed by atoms with Gasteiger partial charge in [-0.1, -0.05) is 0 Å². The maximum atomic E-state index is 10.2. The van der Waals surface area contributed by atoms with Gasteiger partial charge in [-0.05, 0) is 0 Å². The number of piperidine rings is 1. The lowest BCUT2D eigenvalue weighted by Gasteiger charge is -2.45. The third-order valence-electron chi connectivity index (χ3n) is 4.17. The molecule has 19 heavy (non-hydrogen) atoms. The van der Waals surface area contributed by atoms with Gasteiger partial charge in [0, 0.05) is 19.0 Å². The Bertz CT molecular complexity index is 317. The van der Waals surface area contributed by atoms with E-state index in [1.807, 2.05) is 0 Å². The second-order valence-electron chi connectivity index (χ2n) is 5.38. The molecule has 0 radical (unpaired) electrons. The van der Waals surface area contributed by atoms with E-state index in [2.05, 4.69) is 0 Å². The molecule has 0 amide bonds. The van der Waals surface area contributed by atoms with E-state index in [1.54, 1.807) is 4.90 Å². The summed E-state index contributed by atoms with van der Waals surface area (Å²) in [7, 11) is 0. The maximum Gasteiger partial charge on any atom is 0.103 e. The van der Waals surface area contributed by atoms with Crippen molar-refractivity contribution in [3.05, 3.63) is 0 Å². The van der Waals surface area contributed by atoms with Gasteiger partial charge in [0.05, 0.1) is 43.2 Å². The largest absolute Gasteiger partial charge is 0.394 e. The van der Waals surface area contributed by atoms with Crippen LogP contribution in [0.3, 0.4) is 0 Å². The van der Waals surface area contributed by atoms with Crippen LogP contribution in [0.2, 0.25) is 0 Å². The van der Waals surface area contributed by atoms with Gasteiger partial charge >= 0.3 is 0 Å². The summed E-state index contributed by atoms with van der Waals surface area (Å²) in [5.74, 6) is -1.09. The van der Waals surface area contributed by atoms with Crippen LogP contribution < -0.4 is 0 Å². The van der Waals surface area contributed by atoms with Crippen LogP contribution in [0, 0.1) is 5.92 Å². The predicted molar refractivity (Wildman–Crippen MR) is 62.0 cm³/mol. The smallest absolute Gasteiger partial charge is 0.103 e. The van der Waals surface area contributed by atoms with Crippen LogP contribution in [0.15, 0.2) is 0 Å². The minimum atomic E-state index is -1.51. The van der Waals surface area contributed by atoms with Crippen molar-refractivity contribution in [2.45, 2.75) is 42.7 Å². The van der Waals surface area contributed by atoms with E-state index in [-0.39, 0.29) is 13.1 Å². The second kappa shape index (κ2) is 5.58. The fraction of sp³-hybridized carbons (Fsp3) is 1.00. The molecule has 112 valence electrons. The zero-order valence-electron chi connectivity index (χ0n) is 10.3. The Balaban J connectivity index is 2.17. The number of aliphatic hydroxyl groups is 7. The predicted octanol–water partition coefficient (Wildman–Crippen LogP) is -4.54. The van der Waals surface area contributed by atoms with Crippen molar-refractivity contribution in [2.75, 3.05) is 19.7 Å². The van der Waals surface area contributed by atoms with Crippen LogP contribution in [0.25, 0.3) is 0 Å². The molecule has 2 heterocycles. The molecule has 0 aromatic carbocycles. The first-order chi connectivity index (χ1) is 8.88. The lowest BCUT2D eigenvalue weighted by Crippen LogP contribution is -2.63. The van der Waals surface area contributed by atoms with Crippen molar-refractivity contribution in [3.63, 3.8) is 0 Å². The Morgan fingerprint density at radius 3 is 2.11 bits per heavy atom. The summed E-state index contributed by atoms with van der Waals surface area (Å²) in [6.07, 6.45) is -7.63. The average molecular weight is 279 g/mol. The van der Waals surface area contributed by atoms with Crippen LogP contribution in [-0.2, 0) is 0 Å². The van der Waals surface area contributed by atoms with E-state index >= 15 is 0 Å². The molecule has 2 aliphatic heterocycles. The Morgan fingerprint density at radius 1 is 0.947 bits per heavy atom. The Hall–Kier alpha value is -0.320. The van der Waals surface area contributed by atoms with Gasteiger partial charge in [0.15, 0.2) is 0 Å². The van der Waals surface area contributed by atoms with Gasteiger partial charge in [0.25, 0.3) is 0 Å². The average Bonchev–Trinajstić information content (AvgIpc) is 2.63. The molecule has 8 nitrogen and oxygen atoms in total. The number of aliphatic hydroxyl groups excluding tert-OH is 7. The summed E-state index contributed by atoms with van der Waals surface area (Å²) in [6.45, 7) is -0.502. The molecule has 0 saturated carbocycles. The van der Waals surface area contributed by atoms with Crippen molar-refractivity contribution < 1.29 is 35.7 Å². The highest BCUT2D eigenvalue weighted by molar-refractivity contribution is 5.06. The topological polar surface area (TPSA) is 145 Å². The minimum absolute atomic E-state index is 0.0652. The Kier molecular flexibility index (Phi) is 4.43. The first kappa shape index (κ1) is 15.1. The fourth-order valence-corrected chi connectivity index (χ4v) is 3.14. The van der Waals surface area contributed by atoms with Crippen molar-refractivity contribution in [1.82, 2.24) is 4.90 Å². The van der Waals surface area contributed by atoms with E-state index in [9.17, 15) is 30.6 Å². The summed E-state index contributed by atoms with van der Waals surface area (Å²) in [5.41, 5.74) is 0. The molecule has 2 fully saturated rings. The number of hydrogen-bond acceptors (Lipinski definition) is 8. The Morgan fingerprint density at radius 2 is 1.53 bits per heavy atom. The molecule has 0 aromatic rings. The Labute approximate surface area is 110 Å². The zero-order valence-corrected chi connectivity index (χ0v) is 10.3. The van der Waals surface area contributed by atoms with E-state index in [0.29, 0.717) is 0 Å². The maximum absolute atomic E-state index is 10.2. The second-order valence-corrected chi connectivity index (χ2v) is 5.38. The van der Waals surface area contributed by atoms with E-state index in [1.165, 1.54) is 0 Å². The molecule has 8 atom stereocenters. The van der Waals surface area contributed by atoms with Crippen molar-refractivity contribution in [3.8, 4) is 0 Å². The molecule has 0 spiro atoms. The normalized spacial score (nSPS) is 46.9. The summed E-state index contributed by atoms with van der Waals surface area (Å²) in [4.78, 5) is 1.55. The van der Waals surface area contributed by atoms with Gasteiger partial charge in [-0.3, -0.25) is 4.90 Å². The highest BCUT2D eigenvalue weighted by Gasteiger charge is 2.53. The van der Waals surface area contributed by atoms with Gasteiger partial charge in [-0.25, -0.2) is 0 Å². The summed E-state index contributed by atoms with van der Waals surface area (Å²) < 4.78 is 0. The molecular formula is C11H21NO7. The van der Waals surface area contributed by atoms with E-state index < -0.39 is 55.2 Å². The standard InChI is InChI=1S/C11H21NO7/c13-3-6(16)9(17)7-4(14)1-12-2-5(15)10(18)8(12)11(7)19/h4-11,13-19H,1-3H2/t4-,5+,6+,7+,8-,9-,10+,11-/m1/s1. The van der Waals surface area contributed by atoms with Crippen LogP contribution in [0.1, 0.15) is 0 Å². The van der Waals surface area contributed by atoms with Crippen molar-refractivity contribution in [1.29, 1.82) is 0 Å². The zero-order chi connectivity index (χ0) is 14.3. The highest BCUT2D eigenvalue weighted by atomic mass is 16.4. The van der Waals surface area contributed by atoms with Crippen LogP contribution in [-0.4, -0.2) is 103 Å². The first-order valence-corrected chi connectivity index (χ1v) is 6.31. The molecule has 8 heteroatoms. The van der Waals surface area contributed by atoms with Crippen LogP contribution in [0.4, 0.5) is 0 Å². The molecule has 0 bridgehead atoms. The first-order valence-electron chi connectivity index (χ1n) is 6.31. The van der Waals surface area contributed by atoms with Gasteiger partial charge in [-0.2, -0.15) is 0 Å². The number of nitrogens with zero attached hydrogens (tertiary/aromatic N) is 1. The van der Waals surface area contributed by atoms with Crippen LogP contribution in [0.5, 0.6) is 0 Å². The fourth-order valence-electron chi connectivity index (χ4n) is 3.14. The van der Waals surface area contributed by atoms with Gasteiger partial charge in [-0.15, -0.1) is 0 Å². The molecule has 2 aliphatic rings. The van der Waals surface area contributed by atoms with E-state index in [4.69, 9.17) is 5.11 Å². The third kappa shape index (κ3) is 2.50. The summed E-state index contributed by atoms with van der Waals surface area (Å²) >= 11 is 0. The van der Waals surface area contributed by atoms with Gasteiger partial charge in [0.2, 0.25) is 0 Å². The molecule has 0 unspecified atom stereocenters. The lowest BCUT2D eigenvalue weighted by atomic mass is 9.79. The molecule has 2 rings (SSSR count). The lowest BCUT2D eigenvalue weighted by molar-refractivity contribution is -0.163. The van der Waals surface area contributed by atoms with Crippen molar-refractivity contribution in [2.24, 2.45) is 5.92 Å². The van der Waals surface area contributed by atoms with E-state index in [0.717, 1.165) is 0 Å². The highest BCUT2D eigenvalue weighted by Crippen LogP contribution is 2.34. The summed E-state index contributed by atoms with van der Waals surface area (Å²) in [6, 6.07) is -0.802. The molecule has 0 aliphatic carbocycles. The number of rotatable bonds is 3. The summed E-state index contributed by atoms with van der Waals surface area (Å²) in [5, 5.41) is 67.6. The van der Waals surface area contributed by atoms with Crippen molar-refractivity contribution >= 4 is 0 Å². The quantitative estimate of drug-likeness (QED) is 0.273. The molecule has 0 aromatic heterocycles. The number of fused-ring (bicyclic) bond motifs is 1. The third-order valence-corrected chi connectivity index (χ3v) is 4.17. The SMILES string of the molecule is OC[C@H](O)[C@@H](O)[C@H]1[C@@H](O)[C@H]2[C@@H](O)[C@@H](O)CN2C[C@H]1O. The van der Waals surface area contributed by atoms with Gasteiger partial charge < -0.3 is 35.7 Å². The monoisotopic (exact) mass is 279 g/mol. The molecule has 2 saturated heterocycles. The van der Waals surface area contributed by atoms with Gasteiger partial charge in [0.1, 0.15) is 6.10 Å². The molecule has 7 N–H and O–H groups in total.